The van der Waals surface area contributed by atoms with Gasteiger partial charge in [-0.05, 0) is 62.0 Å². The number of benzene rings is 3. The molecule has 224 valence electrons. The molecule has 0 radical (unpaired) electrons. The van der Waals surface area contributed by atoms with Crippen LogP contribution in [-0.2, 0) is 23.1 Å². The molecule has 3 aromatic carbocycles. The number of fused-ring (bicyclic) bond motifs is 2. The molecule has 0 spiro atoms. The highest BCUT2D eigenvalue weighted by molar-refractivity contribution is 6.02. The molecule has 43 heavy (non-hydrogen) atoms. The quantitative estimate of drug-likeness (QED) is 0.287. The molecule has 7 nitrogen and oxygen atoms in total. The summed E-state index contributed by atoms with van der Waals surface area (Å²) >= 11 is 0. The molecule has 2 unspecified atom stereocenters. The highest BCUT2D eigenvalue weighted by atomic mass is 16.5. The Balaban J connectivity index is 1.24. The zero-order chi connectivity index (χ0) is 29.9. The van der Waals surface area contributed by atoms with E-state index in [-0.39, 0.29) is 11.8 Å². The third kappa shape index (κ3) is 5.97. The van der Waals surface area contributed by atoms with Crippen LogP contribution in [0, 0.1) is 12.8 Å². The van der Waals surface area contributed by atoms with Crippen molar-refractivity contribution in [3.63, 3.8) is 0 Å². The first-order valence-electron chi connectivity index (χ1n) is 15.4. The van der Waals surface area contributed by atoms with Crippen LogP contribution in [0.15, 0.2) is 79.0 Å². The molecule has 2 atom stereocenters. The van der Waals surface area contributed by atoms with Crippen LogP contribution in [0.1, 0.15) is 57.4 Å². The van der Waals surface area contributed by atoms with Crippen molar-refractivity contribution in [1.82, 2.24) is 19.7 Å². The van der Waals surface area contributed by atoms with Gasteiger partial charge >= 0.3 is 0 Å². The number of carbonyl (C=O) groups excluding carboxylic acids is 2. The average Bonchev–Trinajstić information content (AvgIpc) is 3.36. The monoisotopic (exact) mass is 578 g/mol. The second kappa shape index (κ2) is 12.7. The lowest BCUT2D eigenvalue weighted by Gasteiger charge is -2.41. The topological polar surface area (TPSA) is 66.8 Å². The molecule has 1 saturated heterocycles. The molecule has 0 aliphatic carbocycles. The number of likely N-dealkylation sites (tertiary alicyclic amines) is 1. The fourth-order valence-corrected chi connectivity index (χ4v) is 7.04. The number of amides is 2. The number of methoxy groups -OCH3 is 1. The Morgan fingerprint density at radius 1 is 0.977 bits per heavy atom. The summed E-state index contributed by atoms with van der Waals surface area (Å²) in [7, 11) is 3.66. The van der Waals surface area contributed by atoms with Crippen molar-refractivity contribution in [2.24, 2.45) is 13.0 Å². The highest BCUT2D eigenvalue weighted by Crippen LogP contribution is 2.45. The number of hydrogen-bond acceptors (Lipinski definition) is 4. The van der Waals surface area contributed by atoms with Gasteiger partial charge in [-0.15, -0.1) is 0 Å². The molecule has 6 rings (SSSR count). The summed E-state index contributed by atoms with van der Waals surface area (Å²) in [6.07, 6.45) is 4.19. The minimum Gasteiger partial charge on any atom is -0.383 e. The molecule has 0 bridgehead atoms. The van der Waals surface area contributed by atoms with E-state index >= 15 is 0 Å². The SMILES string of the molecule is COCCN1C(=O)c2ccccc2C(C(=O)NCC2CCN(Cc3cccc(C)c3)CC2)C1c1cn(C)c2ccccc12. The maximum atomic E-state index is 14.3. The van der Waals surface area contributed by atoms with Gasteiger partial charge in [-0.1, -0.05) is 66.2 Å². The van der Waals surface area contributed by atoms with Crippen molar-refractivity contribution in [3.05, 3.63) is 107 Å². The Kier molecular flexibility index (Phi) is 8.63. The Morgan fingerprint density at radius 2 is 1.74 bits per heavy atom. The van der Waals surface area contributed by atoms with E-state index in [1.54, 1.807) is 7.11 Å². The largest absolute Gasteiger partial charge is 0.383 e. The Bertz CT molecular complexity index is 1600. The van der Waals surface area contributed by atoms with Crippen molar-refractivity contribution in [1.29, 1.82) is 0 Å². The van der Waals surface area contributed by atoms with E-state index in [1.807, 2.05) is 48.3 Å². The number of piperidine rings is 1. The van der Waals surface area contributed by atoms with E-state index in [9.17, 15) is 9.59 Å². The summed E-state index contributed by atoms with van der Waals surface area (Å²) in [6.45, 7) is 6.60. The first-order chi connectivity index (χ1) is 20.9. The number of hydrogen-bond donors (Lipinski definition) is 1. The van der Waals surface area contributed by atoms with Crippen molar-refractivity contribution < 1.29 is 14.3 Å². The van der Waals surface area contributed by atoms with Gasteiger partial charge in [0.05, 0.1) is 18.6 Å². The Hall–Kier alpha value is -3.94. The zero-order valence-electron chi connectivity index (χ0n) is 25.5. The number of ether oxygens (including phenoxy) is 1. The highest BCUT2D eigenvalue weighted by Gasteiger charge is 2.45. The molecule has 2 aliphatic rings. The van der Waals surface area contributed by atoms with Crippen LogP contribution < -0.4 is 5.32 Å². The molecule has 1 N–H and O–H groups in total. The van der Waals surface area contributed by atoms with Crippen molar-refractivity contribution in [3.8, 4) is 0 Å². The van der Waals surface area contributed by atoms with E-state index in [0.717, 1.165) is 54.5 Å². The summed E-state index contributed by atoms with van der Waals surface area (Å²) in [5.41, 5.74) is 6.11. The minimum atomic E-state index is -0.530. The summed E-state index contributed by atoms with van der Waals surface area (Å²) in [5, 5.41) is 4.41. The number of nitrogens with zero attached hydrogens (tertiary/aromatic N) is 3. The van der Waals surface area contributed by atoms with Crippen LogP contribution >= 0.6 is 0 Å². The van der Waals surface area contributed by atoms with E-state index in [4.69, 9.17) is 4.74 Å². The number of aryl methyl sites for hydroxylation is 2. The summed E-state index contributed by atoms with van der Waals surface area (Å²) < 4.78 is 7.52. The molecular weight excluding hydrogens is 536 g/mol. The number of aromatic nitrogens is 1. The predicted octanol–water partition coefficient (Wildman–Crippen LogP) is 5.44. The number of carbonyl (C=O) groups is 2. The van der Waals surface area contributed by atoms with Crippen molar-refractivity contribution >= 4 is 22.7 Å². The summed E-state index contributed by atoms with van der Waals surface area (Å²) in [5.74, 6) is -0.185. The fourth-order valence-electron chi connectivity index (χ4n) is 7.04. The van der Waals surface area contributed by atoms with Crippen LogP contribution in [0.25, 0.3) is 10.9 Å². The molecule has 1 fully saturated rings. The van der Waals surface area contributed by atoms with E-state index in [2.05, 4.69) is 64.3 Å². The van der Waals surface area contributed by atoms with E-state index < -0.39 is 12.0 Å². The molecule has 1 aromatic heterocycles. The number of nitrogens with one attached hydrogen (secondary N) is 1. The molecule has 2 aliphatic heterocycles. The maximum absolute atomic E-state index is 14.3. The smallest absolute Gasteiger partial charge is 0.254 e. The molecule has 4 aromatic rings. The second-order valence-corrected chi connectivity index (χ2v) is 12.2. The lowest BCUT2D eigenvalue weighted by atomic mass is 9.79. The lowest BCUT2D eigenvalue weighted by molar-refractivity contribution is -0.124. The van der Waals surface area contributed by atoms with Gasteiger partial charge in [-0.25, -0.2) is 0 Å². The predicted molar refractivity (Wildman–Crippen MR) is 170 cm³/mol. The van der Waals surface area contributed by atoms with Gasteiger partial charge in [-0.2, -0.15) is 0 Å². The van der Waals surface area contributed by atoms with Gasteiger partial charge in [0.25, 0.3) is 5.91 Å². The van der Waals surface area contributed by atoms with Gasteiger partial charge in [0, 0.05) is 62.0 Å². The molecule has 0 saturated carbocycles. The van der Waals surface area contributed by atoms with Gasteiger partial charge in [-0.3, -0.25) is 14.5 Å². The van der Waals surface area contributed by atoms with Crippen molar-refractivity contribution in [2.75, 3.05) is 39.9 Å². The zero-order valence-corrected chi connectivity index (χ0v) is 25.5. The Labute approximate surface area is 254 Å². The van der Waals surface area contributed by atoms with Gasteiger partial charge < -0.3 is 19.5 Å². The third-order valence-corrected chi connectivity index (χ3v) is 9.26. The lowest BCUT2D eigenvalue weighted by Crippen LogP contribution is -2.49. The van der Waals surface area contributed by atoms with Crippen LogP contribution in [0.5, 0.6) is 0 Å². The fraction of sp³-hybridized carbons (Fsp3) is 0.389. The molecule has 7 heteroatoms. The van der Waals surface area contributed by atoms with Crippen LogP contribution in [-0.4, -0.2) is 66.1 Å². The van der Waals surface area contributed by atoms with Crippen LogP contribution in [0.4, 0.5) is 0 Å². The van der Waals surface area contributed by atoms with Crippen molar-refractivity contribution in [2.45, 2.75) is 38.3 Å². The van der Waals surface area contributed by atoms with Gasteiger partial charge in [0.1, 0.15) is 0 Å². The van der Waals surface area contributed by atoms with E-state index in [1.165, 1.54) is 11.1 Å². The standard InChI is InChI=1S/C36H42N4O3/c1-25-9-8-10-27(21-25)23-39-17-15-26(16-18-39)22-37-35(41)33-29-12-4-5-13-30(29)36(42)40(19-20-43-3)34(33)31-24-38(2)32-14-7-6-11-28(31)32/h4-14,21,24,26,33-34H,15-20,22-23H2,1-3H3,(H,37,41). The summed E-state index contributed by atoms with van der Waals surface area (Å²) in [6, 6.07) is 24.1. The maximum Gasteiger partial charge on any atom is 0.254 e. The second-order valence-electron chi connectivity index (χ2n) is 12.2. The van der Waals surface area contributed by atoms with Gasteiger partial charge in [0.2, 0.25) is 5.91 Å². The summed E-state index contributed by atoms with van der Waals surface area (Å²) in [4.78, 5) is 32.6. The number of rotatable bonds is 9. The van der Waals surface area contributed by atoms with E-state index in [0.29, 0.717) is 31.2 Å². The minimum absolute atomic E-state index is 0.0255. The van der Waals surface area contributed by atoms with Crippen LogP contribution in [0.3, 0.4) is 0 Å². The Morgan fingerprint density at radius 3 is 2.53 bits per heavy atom. The first-order valence-corrected chi connectivity index (χ1v) is 15.4. The third-order valence-electron chi connectivity index (χ3n) is 9.26. The van der Waals surface area contributed by atoms with Gasteiger partial charge in [0.15, 0.2) is 0 Å². The normalized spacial score (nSPS) is 19.5. The average molecular weight is 579 g/mol. The first kappa shape index (κ1) is 29.1. The van der Waals surface area contributed by atoms with Crippen LogP contribution in [0.2, 0.25) is 0 Å². The molecular formula is C36H42N4O3. The molecule has 2 amide bonds. The number of para-hydroxylation sites is 1. The molecule has 3 heterocycles.